The molecule has 0 unspecified atom stereocenters. The second kappa shape index (κ2) is 13.7. The molecule has 8 aromatic rings. The van der Waals surface area contributed by atoms with Gasteiger partial charge in [-0.3, -0.25) is 0 Å². The molecule has 0 bridgehead atoms. The molecule has 0 aliphatic carbocycles. The van der Waals surface area contributed by atoms with Crippen LogP contribution < -0.4 is 0 Å². The summed E-state index contributed by atoms with van der Waals surface area (Å²) in [7, 11) is 0. The number of nitrogens with zero attached hydrogens (tertiary/aromatic N) is 3. The van der Waals surface area contributed by atoms with Crippen LogP contribution in [-0.4, -0.2) is 15.0 Å². The Morgan fingerprint density at radius 2 is 1.02 bits per heavy atom. The largest absolute Gasteiger partial charge is 0.209 e. The minimum atomic E-state index is 0.640. The zero-order valence-electron chi connectivity index (χ0n) is 27.6. The molecule has 0 saturated heterocycles. The summed E-state index contributed by atoms with van der Waals surface area (Å²) >= 11 is 1.86. The Morgan fingerprint density at radius 1 is 0.500 bits per heavy atom. The van der Waals surface area contributed by atoms with E-state index < -0.39 is 0 Å². The van der Waals surface area contributed by atoms with Crippen LogP contribution in [0.15, 0.2) is 176 Å². The topological polar surface area (TPSA) is 38.7 Å². The Balaban J connectivity index is 1.22. The zero-order chi connectivity index (χ0) is 33.9. The Labute approximate surface area is 296 Å². The summed E-state index contributed by atoms with van der Waals surface area (Å²) in [5.41, 5.74) is 10.1. The fourth-order valence-electron chi connectivity index (χ4n) is 6.32. The van der Waals surface area contributed by atoms with Crippen LogP contribution in [0.4, 0.5) is 0 Å². The molecule has 2 aromatic heterocycles. The minimum absolute atomic E-state index is 0.640. The van der Waals surface area contributed by atoms with Crippen molar-refractivity contribution in [3.63, 3.8) is 0 Å². The van der Waals surface area contributed by atoms with Gasteiger partial charge in [-0.2, -0.15) is 0 Å². The van der Waals surface area contributed by atoms with Gasteiger partial charge in [-0.15, -0.1) is 11.3 Å². The lowest BCUT2D eigenvalue weighted by Gasteiger charge is -2.10. The van der Waals surface area contributed by atoms with Crippen molar-refractivity contribution in [3.05, 3.63) is 182 Å². The predicted molar refractivity (Wildman–Crippen MR) is 213 cm³/mol. The highest BCUT2D eigenvalue weighted by Crippen LogP contribution is 2.44. The van der Waals surface area contributed by atoms with Crippen molar-refractivity contribution in [2.75, 3.05) is 0 Å². The van der Waals surface area contributed by atoms with Crippen LogP contribution in [-0.2, 0) is 0 Å². The lowest BCUT2D eigenvalue weighted by Crippen LogP contribution is -2.02. The van der Waals surface area contributed by atoms with Crippen molar-refractivity contribution in [3.8, 4) is 56.2 Å². The molecule has 0 N–H and O–H groups in total. The van der Waals surface area contributed by atoms with Gasteiger partial charge in [0.25, 0.3) is 0 Å². The van der Waals surface area contributed by atoms with Gasteiger partial charge >= 0.3 is 0 Å². The molecule has 0 amide bonds. The third kappa shape index (κ3) is 6.09. The number of aromatic nitrogens is 3. The maximum atomic E-state index is 4.97. The van der Waals surface area contributed by atoms with Crippen molar-refractivity contribution in [1.82, 2.24) is 15.0 Å². The quantitative estimate of drug-likeness (QED) is 0.152. The molecule has 50 heavy (non-hydrogen) atoms. The number of thiophene rings is 1. The number of rotatable bonds is 8. The molecule has 0 saturated carbocycles. The molecule has 0 fully saturated rings. The lowest BCUT2D eigenvalue weighted by atomic mass is 9.98. The molecular weight excluding hydrogens is 627 g/mol. The molecule has 0 spiro atoms. The summed E-state index contributed by atoms with van der Waals surface area (Å²) in [4.78, 5) is 14.8. The highest BCUT2D eigenvalue weighted by molar-refractivity contribution is 7.26. The fourth-order valence-corrected chi connectivity index (χ4v) is 7.70. The standard InChI is InChI=1S/C46H33N3S/c1-3-4-7-15-31(2)44-47-45(35-18-10-6-11-19-35)49-46(48-44)37-21-12-20-36(30-37)39-23-14-25-41-40-24-13-22-38(42(40)50-43(39)41)34-28-26-33(27-29-34)32-16-8-5-9-17-32/h3-30H,1H2,2H3/b7-4-,31-15+. The summed E-state index contributed by atoms with van der Waals surface area (Å²) in [5.74, 6) is 1.93. The second-order valence-corrected chi connectivity index (χ2v) is 13.2. The van der Waals surface area contributed by atoms with Crippen LogP contribution in [0.1, 0.15) is 12.7 Å². The Hall–Kier alpha value is -6.23. The molecule has 2 heterocycles. The Bertz CT molecular complexity index is 2540. The molecular formula is C46H33N3S. The number of fused-ring (bicyclic) bond motifs is 3. The molecule has 238 valence electrons. The summed E-state index contributed by atoms with van der Waals surface area (Å²) in [6, 6.07) is 51.4. The van der Waals surface area contributed by atoms with Crippen LogP contribution in [0, 0.1) is 0 Å². The second-order valence-electron chi connectivity index (χ2n) is 12.1. The van der Waals surface area contributed by atoms with Gasteiger partial charge in [0.05, 0.1) is 0 Å². The van der Waals surface area contributed by atoms with Crippen molar-refractivity contribution >= 4 is 37.1 Å². The van der Waals surface area contributed by atoms with Gasteiger partial charge in [0.15, 0.2) is 17.5 Å². The van der Waals surface area contributed by atoms with Gasteiger partial charge in [0.1, 0.15) is 0 Å². The van der Waals surface area contributed by atoms with Crippen LogP contribution >= 0.6 is 11.3 Å². The summed E-state index contributed by atoms with van der Waals surface area (Å²) < 4.78 is 2.56. The molecule has 4 heteroatoms. The van der Waals surface area contributed by atoms with Crippen LogP contribution in [0.3, 0.4) is 0 Å². The van der Waals surface area contributed by atoms with Crippen LogP contribution in [0.5, 0.6) is 0 Å². The highest BCUT2D eigenvalue weighted by Gasteiger charge is 2.16. The third-order valence-electron chi connectivity index (χ3n) is 8.87. The van der Waals surface area contributed by atoms with E-state index in [1.165, 1.54) is 48.0 Å². The van der Waals surface area contributed by atoms with Gasteiger partial charge in [0.2, 0.25) is 0 Å². The van der Waals surface area contributed by atoms with E-state index in [-0.39, 0.29) is 0 Å². The fraction of sp³-hybridized carbons (Fsp3) is 0.0217. The van der Waals surface area contributed by atoms with Crippen molar-refractivity contribution in [2.45, 2.75) is 6.92 Å². The van der Waals surface area contributed by atoms with Gasteiger partial charge in [-0.05, 0) is 51.9 Å². The Kier molecular flexibility index (Phi) is 8.52. The van der Waals surface area contributed by atoms with Crippen molar-refractivity contribution in [2.24, 2.45) is 0 Å². The maximum absolute atomic E-state index is 4.97. The van der Waals surface area contributed by atoms with E-state index in [2.05, 4.69) is 122 Å². The number of allylic oxidation sites excluding steroid dienone is 5. The molecule has 3 nitrogen and oxygen atoms in total. The normalized spacial score (nSPS) is 11.8. The average Bonchev–Trinajstić information content (AvgIpc) is 3.58. The third-order valence-corrected chi connectivity index (χ3v) is 10.2. The number of hydrogen-bond acceptors (Lipinski definition) is 4. The van der Waals surface area contributed by atoms with E-state index in [4.69, 9.17) is 15.0 Å². The van der Waals surface area contributed by atoms with Crippen LogP contribution in [0.25, 0.3) is 81.9 Å². The van der Waals surface area contributed by atoms with E-state index in [1.807, 2.05) is 66.8 Å². The summed E-state index contributed by atoms with van der Waals surface area (Å²) in [6.45, 7) is 5.80. The monoisotopic (exact) mass is 659 g/mol. The average molecular weight is 660 g/mol. The van der Waals surface area contributed by atoms with Crippen molar-refractivity contribution < 1.29 is 0 Å². The first-order valence-corrected chi connectivity index (χ1v) is 17.5. The number of hydrogen-bond donors (Lipinski definition) is 0. The lowest BCUT2D eigenvalue weighted by molar-refractivity contribution is 1.03. The van der Waals surface area contributed by atoms with Gasteiger partial charge in [0, 0.05) is 31.3 Å². The Morgan fingerprint density at radius 3 is 1.68 bits per heavy atom. The van der Waals surface area contributed by atoms with E-state index in [0.717, 1.165) is 22.3 Å². The SMILES string of the molecule is C=C/C=C\C=C(/C)c1nc(-c2ccccc2)nc(-c2cccc(-c3cccc4c3sc3c(-c5ccc(-c6ccccc6)cc5)cccc34)c2)n1. The highest BCUT2D eigenvalue weighted by atomic mass is 32.1. The summed E-state index contributed by atoms with van der Waals surface area (Å²) in [5, 5.41) is 2.54. The van der Waals surface area contributed by atoms with Gasteiger partial charge in [-0.25, -0.2) is 15.0 Å². The molecule has 0 aliphatic heterocycles. The summed E-state index contributed by atoms with van der Waals surface area (Å²) in [6.07, 6.45) is 7.60. The van der Waals surface area contributed by atoms with E-state index in [0.29, 0.717) is 17.5 Å². The van der Waals surface area contributed by atoms with Gasteiger partial charge < -0.3 is 0 Å². The molecule has 0 atom stereocenters. The van der Waals surface area contributed by atoms with E-state index in [1.54, 1.807) is 6.08 Å². The molecule has 8 rings (SSSR count). The van der Waals surface area contributed by atoms with E-state index in [9.17, 15) is 0 Å². The molecule has 6 aromatic carbocycles. The van der Waals surface area contributed by atoms with Crippen LogP contribution in [0.2, 0.25) is 0 Å². The first kappa shape index (κ1) is 31.1. The molecule has 0 aliphatic rings. The predicted octanol–water partition coefficient (Wildman–Crippen LogP) is 12.7. The number of benzene rings is 6. The zero-order valence-corrected chi connectivity index (χ0v) is 28.4. The smallest absolute Gasteiger partial charge is 0.164 e. The maximum Gasteiger partial charge on any atom is 0.164 e. The first-order chi connectivity index (χ1) is 24.7. The van der Waals surface area contributed by atoms with Crippen molar-refractivity contribution in [1.29, 1.82) is 0 Å². The molecule has 0 radical (unpaired) electrons. The minimum Gasteiger partial charge on any atom is -0.209 e. The first-order valence-electron chi connectivity index (χ1n) is 16.6. The van der Waals surface area contributed by atoms with E-state index >= 15 is 0 Å². The van der Waals surface area contributed by atoms with Gasteiger partial charge in [-0.1, -0.05) is 170 Å².